The Bertz CT molecular complexity index is 1380. The van der Waals surface area contributed by atoms with Gasteiger partial charge in [-0.2, -0.15) is 5.10 Å². The molecule has 0 saturated heterocycles. The molecule has 0 radical (unpaired) electrons. The highest BCUT2D eigenvalue weighted by Crippen LogP contribution is 2.34. The number of para-hydroxylation sites is 1. The molecule has 3 aromatic carbocycles. The summed E-state index contributed by atoms with van der Waals surface area (Å²) in [6.45, 7) is 1.64. The van der Waals surface area contributed by atoms with Gasteiger partial charge in [-0.15, -0.1) is 0 Å². The zero-order valence-corrected chi connectivity index (χ0v) is 24.0. The molecule has 0 unspecified atom stereocenters. The van der Waals surface area contributed by atoms with Gasteiger partial charge in [0.1, 0.15) is 0 Å². The van der Waals surface area contributed by atoms with Crippen LogP contribution < -0.4 is 25.5 Å². The number of benzene rings is 3. The lowest BCUT2D eigenvalue weighted by Crippen LogP contribution is -2.32. The van der Waals surface area contributed by atoms with Gasteiger partial charge in [0.05, 0.1) is 32.6 Å². The second-order valence-electron chi connectivity index (χ2n) is 7.64. The van der Waals surface area contributed by atoms with Gasteiger partial charge in [-0.25, -0.2) is 5.43 Å². The quantitative estimate of drug-likeness (QED) is 0.124. The lowest BCUT2D eigenvalue weighted by atomic mass is 10.1. The zero-order valence-electron chi connectivity index (χ0n) is 20.3. The lowest BCUT2D eigenvalue weighted by molar-refractivity contribution is -0.136. The van der Waals surface area contributed by atoms with Crippen LogP contribution in [0.1, 0.15) is 18.1 Å². The molecule has 198 valence electrons. The number of amides is 3. The number of methoxy groups -OCH3 is 1. The monoisotopic (exact) mass is 668 g/mol. The molecule has 12 heteroatoms. The molecule has 0 fully saturated rings. The van der Waals surface area contributed by atoms with Crippen LogP contribution in [0, 0.1) is 3.57 Å². The van der Waals surface area contributed by atoms with Crippen molar-refractivity contribution in [2.24, 2.45) is 5.10 Å². The highest BCUT2D eigenvalue weighted by Gasteiger charge is 2.16. The number of ether oxygens (including phenoxy) is 2. The molecule has 3 N–H and O–H groups in total. The van der Waals surface area contributed by atoms with E-state index in [9.17, 15) is 14.4 Å². The Morgan fingerprint density at radius 3 is 2.47 bits per heavy atom. The Hall–Kier alpha value is -3.35. The molecule has 38 heavy (non-hydrogen) atoms. The third-order valence-electron chi connectivity index (χ3n) is 5.06. The molecule has 3 aromatic rings. The number of rotatable bonds is 9. The van der Waals surface area contributed by atoms with E-state index in [1.54, 1.807) is 42.5 Å². The van der Waals surface area contributed by atoms with Crippen molar-refractivity contribution in [2.75, 3.05) is 24.4 Å². The van der Waals surface area contributed by atoms with Crippen molar-refractivity contribution >= 4 is 81.1 Å². The second-order valence-corrected chi connectivity index (χ2v) is 9.58. The van der Waals surface area contributed by atoms with Gasteiger partial charge < -0.3 is 20.1 Å². The van der Waals surface area contributed by atoms with E-state index in [-0.39, 0.29) is 11.6 Å². The molecular formula is C26H23Cl2IN4O5. The van der Waals surface area contributed by atoms with Crippen molar-refractivity contribution in [2.45, 2.75) is 13.3 Å². The van der Waals surface area contributed by atoms with Crippen LogP contribution in [0.15, 0.2) is 59.7 Å². The first-order valence-corrected chi connectivity index (χ1v) is 13.0. The number of nitrogens with zero attached hydrogens (tertiary/aromatic N) is 1. The van der Waals surface area contributed by atoms with E-state index < -0.39 is 17.7 Å². The van der Waals surface area contributed by atoms with Crippen LogP contribution in [0.4, 0.5) is 11.4 Å². The van der Waals surface area contributed by atoms with Gasteiger partial charge in [0.2, 0.25) is 0 Å². The summed E-state index contributed by atoms with van der Waals surface area (Å²) < 4.78 is 11.7. The predicted octanol–water partition coefficient (Wildman–Crippen LogP) is 5.28. The summed E-state index contributed by atoms with van der Waals surface area (Å²) in [5.41, 5.74) is 4.61. The van der Waals surface area contributed by atoms with Crippen LogP contribution in [-0.4, -0.2) is 37.7 Å². The van der Waals surface area contributed by atoms with E-state index in [2.05, 4.69) is 21.2 Å². The van der Waals surface area contributed by atoms with Crippen LogP contribution in [0.25, 0.3) is 0 Å². The van der Waals surface area contributed by atoms with Crippen LogP contribution in [0.3, 0.4) is 0 Å². The first-order chi connectivity index (χ1) is 18.2. The van der Waals surface area contributed by atoms with Gasteiger partial charge in [-0.1, -0.05) is 54.4 Å². The Morgan fingerprint density at radius 2 is 1.74 bits per heavy atom. The summed E-state index contributed by atoms with van der Waals surface area (Å²) in [7, 11) is 1.45. The van der Waals surface area contributed by atoms with Crippen molar-refractivity contribution in [3.05, 3.63) is 79.3 Å². The van der Waals surface area contributed by atoms with Gasteiger partial charge in [-0.05, 0) is 70.5 Å². The molecule has 0 spiro atoms. The van der Waals surface area contributed by atoms with Crippen LogP contribution in [0.2, 0.25) is 10.0 Å². The molecular weight excluding hydrogens is 646 g/mol. The average molecular weight is 669 g/mol. The molecule has 0 bridgehead atoms. The maximum Gasteiger partial charge on any atom is 0.329 e. The smallest absolute Gasteiger partial charge is 0.329 e. The third-order valence-corrected chi connectivity index (χ3v) is 6.68. The molecule has 0 heterocycles. The molecule has 0 aliphatic heterocycles. The van der Waals surface area contributed by atoms with Crippen molar-refractivity contribution in [3.63, 3.8) is 0 Å². The summed E-state index contributed by atoms with van der Waals surface area (Å²) in [6.07, 6.45) is 2.06. The molecule has 0 aromatic heterocycles. The average Bonchev–Trinajstić information content (AvgIpc) is 2.90. The largest absolute Gasteiger partial charge is 0.493 e. The Balaban J connectivity index is 1.60. The van der Waals surface area contributed by atoms with Crippen molar-refractivity contribution in [1.29, 1.82) is 0 Å². The van der Waals surface area contributed by atoms with Crippen LogP contribution in [-0.2, 0) is 20.8 Å². The van der Waals surface area contributed by atoms with E-state index in [4.69, 9.17) is 32.7 Å². The number of halogens is 3. The first-order valence-electron chi connectivity index (χ1n) is 11.2. The standard InChI is InChI=1S/C26H23Cl2IN4O5/c1-3-16-7-4-5-9-19(16)32-25(35)26(36)33-30-13-15-11-18(29)24(21(12-15)37-2)38-14-22(34)31-20-10-6-8-17(27)23(20)28/h4-13H,3,14H2,1-2H3,(H,31,34)(H,32,35)(H,33,36)/b30-13-. The maximum absolute atomic E-state index is 12.4. The summed E-state index contributed by atoms with van der Waals surface area (Å²) in [6, 6.07) is 15.4. The minimum atomic E-state index is -0.917. The van der Waals surface area contributed by atoms with Gasteiger partial charge in [0.25, 0.3) is 5.91 Å². The number of hydrogen-bond donors (Lipinski definition) is 3. The summed E-state index contributed by atoms with van der Waals surface area (Å²) in [5, 5.41) is 9.63. The Kier molecular flexibility index (Phi) is 10.7. The summed E-state index contributed by atoms with van der Waals surface area (Å²) in [5.74, 6) is -1.51. The molecule has 0 atom stereocenters. The van der Waals surface area contributed by atoms with E-state index in [1.807, 2.05) is 41.6 Å². The third kappa shape index (κ3) is 7.83. The maximum atomic E-state index is 12.4. The lowest BCUT2D eigenvalue weighted by Gasteiger charge is -2.14. The molecule has 3 rings (SSSR count). The van der Waals surface area contributed by atoms with Crippen molar-refractivity contribution < 1.29 is 23.9 Å². The topological polar surface area (TPSA) is 118 Å². The number of carbonyl (C=O) groups is 3. The first kappa shape index (κ1) is 29.2. The van der Waals surface area contributed by atoms with Crippen LogP contribution >= 0.6 is 45.8 Å². The minimum absolute atomic E-state index is 0.230. The second kappa shape index (κ2) is 14.0. The normalized spacial score (nSPS) is 10.7. The number of carbonyl (C=O) groups excluding carboxylic acids is 3. The highest BCUT2D eigenvalue weighted by atomic mass is 127. The number of nitrogens with one attached hydrogen (secondary N) is 3. The predicted molar refractivity (Wildman–Crippen MR) is 156 cm³/mol. The highest BCUT2D eigenvalue weighted by molar-refractivity contribution is 14.1. The fourth-order valence-corrected chi connectivity index (χ4v) is 4.35. The van der Waals surface area contributed by atoms with Gasteiger partial charge in [-0.3, -0.25) is 14.4 Å². The summed E-state index contributed by atoms with van der Waals surface area (Å²) in [4.78, 5) is 36.7. The number of hydrogen-bond acceptors (Lipinski definition) is 6. The summed E-state index contributed by atoms with van der Waals surface area (Å²) >= 11 is 14.1. The Labute approximate surface area is 243 Å². The molecule has 3 amide bonds. The number of anilines is 2. The van der Waals surface area contributed by atoms with Gasteiger partial charge >= 0.3 is 11.8 Å². The van der Waals surface area contributed by atoms with E-state index in [1.165, 1.54) is 13.3 Å². The van der Waals surface area contributed by atoms with Crippen molar-refractivity contribution in [3.8, 4) is 11.5 Å². The zero-order chi connectivity index (χ0) is 27.7. The Morgan fingerprint density at radius 1 is 1.00 bits per heavy atom. The van der Waals surface area contributed by atoms with Gasteiger partial charge in [0, 0.05) is 5.69 Å². The molecule has 0 aliphatic rings. The van der Waals surface area contributed by atoms with E-state index in [0.717, 1.165) is 5.56 Å². The fraction of sp³-hybridized carbons (Fsp3) is 0.154. The van der Waals surface area contributed by atoms with E-state index >= 15 is 0 Å². The number of aryl methyl sites for hydroxylation is 1. The molecule has 0 aliphatic carbocycles. The van der Waals surface area contributed by atoms with Crippen LogP contribution in [0.5, 0.6) is 11.5 Å². The number of hydrazone groups is 1. The van der Waals surface area contributed by atoms with E-state index in [0.29, 0.717) is 43.5 Å². The SMILES string of the molecule is CCc1ccccc1NC(=O)C(=O)N/N=C\c1cc(I)c(OCC(=O)Nc2cccc(Cl)c2Cl)c(OC)c1. The minimum Gasteiger partial charge on any atom is -0.493 e. The van der Waals surface area contributed by atoms with Gasteiger partial charge in [0.15, 0.2) is 18.1 Å². The van der Waals surface area contributed by atoms with Crippen molar-refractivity contribution in [1.82, 2.24) is 5.43 Å². The molecule has 9 nitrogen and oxygen atoms in total. The molecule has 0 saturated carbocycles. The fourth-order valence-electron chi connectivity index (χ4n) is 3.22.